The lowest BCUT2D eigenvalue weighted by Gasteiger charge is -2.09. The van der Waals surface area contributed by atoms with E-state index in [9.17, 15) is 9.59 Å². The number of hydrogen-bond donors (Lipinski definition) is 2. The van der Waals surface area contributed by atoms with Crippen LogP contribution in [0.4, 0.5) is 0 Å². The number of pyridine rings is 1. The number of aryl methyl sites for hydroxylation is 2. The first-order valence-corrected chi connectivity index (χ1v) is 7.19. The Morgan fingerprint density at radius 2 is 2.16 bits per heavy atom. The zero-order valence-corrected chi connectivity index (χ0v) is 11.7. The van der Waals surface area contributed by atoms with Gasteiger partial charge in [-0.2, -0.15) is 0 Å². The SMILES string of the molecule is CCCc1cc(C(=O)NCC2CC2)c(=O)[nH]c1CC. The van der Waals surface area contributed by atoms with Crippen LogP contribution in [0.5, 0.6) is 0 Å². The highest BCUT2D eigenvalue weighted by molar-refractivity contribution is 5.94. The molecule has 0 spiro atoms. The lowest BCUT2D eigenvalue weighted by Crippen LogP contribution is -2.31. The average Bonchev–Trinajstić information content (AvgIpc) is 3.22. The molecular weight excluding hydrogens is 240 g/mol. The van der Waals surface area contributed by atoms with Gasteiger partial charge in [-0.05, 0) is 43.2 Å². The molecular formula is C15H22N2O2. The average molecular weight is 262 g/mol. The van der Waals surface area contributed by atoms with Crippen LogP contribution in [0.2, 0.25) is 0 Å². The van der Waals surface area contributed by atoms with Crippen LogP contribution >= 0.6 is 0 Å². The van der Waals surface area contributed by atoms with Gasteiger partial charge >= 0.3 is 0 Å². The molecule has 0 atom stereocenters. The molecule has 2 rings (SSSR count). The van der Waals surface area contributed by atoms with E-state index in [1.807, 2.05) is 6.92 Å². The molecule has 0 aromatic carbocycles. The van der Waals surface area contributed by atoms with Gasteiger partial charge in [-0.1, -0.05) is 20.3 Å². The summed E-state index contributed by atoms with van der Waals surface area (Å²) in [5.41, 5.74) is 2.01. The van der Waals surface area contributed by atoms with E-state index in [0.29, 0.717) is 12.5 Å². The summed E-state index contributed by atoms with van der Waals surface area (Å²) in [5, 5.41) is 2.85. The number of aromatic amines is 1. The number of nitrogens with one attached hydrogen (secondary N) is 2. The Bertz CT molecular complexity index is 515. The van der Waals surface area contributed by atoms with Gasteiger partial charge in [-0.3, -0.25) is 9.59 Å². The largest absolute Gasteiger partial charge is 0.352 e. The summed E-state index contributed by atoms with van der Waals surface area (Å²) >= 11 is 0. The molecule has 4 nitrogen and oxygen atoms in total. The van der Waals surface area contributed by atoms with Crippen molar-refractivity contribution in [3.05, 3.63) is 33.2 Å². The van der Waals surface area contributed by atoms with Crippen LogP contribution in [0.15, 0.2) is 10.9 Å². The molecule has 1 aliphatic rings. The smallest absolute Gasteiger partial charge is 0.261 e. The third kappa shape index (κ3) is 3.46. The first kappa shape index (κ1) is 13.8. The van der Waals surface area contributed by atoms with Crippen LogP contribution in [0, 0.1) is 5.92 Å². The minimum absolute atomic E-state index is 0.242. The third-order valence-electron chi connectivity index (χ3n) is 3.58. The van der Waals surface area contributed by atoms with Gasteiger partial charge < -0.3 is 10.3 Å². The molecule has 1 aromatic heterocycles. The maximum Gasteiger partial charge on any atom is 0.261 e. The number of carbonyl (C=O) groups excluding carboxylic acids is 1. The number of amides is 1. The van der Waals surface area contributed by atoms with Crippen LogP contribution in [0.25, 0.3) is 0 Å². The summed E-state index contributed by atoms with van der Waals surface area (Å²) < 4.78 is 0. The molecule has 104 valence electrons. The second-order valence-electron chi connectivity index (χ2n) is 5.27. The lowest BCUT2D eigenvalue weighted by molar-refractivity contribution is 0.0950. The van der Waals surface area contributed by atoms with E-state index in [1.54, 1.807) is 6.07 Å². The number of carbonyl (C=O) groups is 1. The fourth-order valence-corrected chi connectivity index (χ4v) is 2.24. The van der Waals surface area contributed by atoms with Gasteiger partial charge in [0, 0.05) is 12.2 Å². The molecule has 0 aliphatic heterocycles. The molecule has 0 saturated heterocycles. The summed E-state index contributed by atoms with van der Waals surface area (Å²) in [6.45, 7) is 4.80. The molecule has 4 heteroatoms. The molecule has 2 N–H and O–H groups in total. The van der Waals surface area contributed by atoms with Gasteiger partial charge in [-0.25, -0.2) is 0 Å². The molecule has 1 amide bonds. The standard InChI is InChI=1S/C15H22N2O2/c1-3-5-11-8-12(15(19)17-13(11)4-2)14(18)16-9-10-6-7-10/h8,10H,3-7,9H2,1-2H3,(H,16,18)(H,17,19). The summed E-state index contributed by atoms with van der Waals surface area (Å²) in [6.07, 6.45) is 5.05. The van der Waals surface area contributed by atoms with Crippen molar-refractivity contribution in [1.29, 1.82) is 0 Å². The number of H-pyrrole nitrogens is 1. The topological polar surface area (TPSA) is 62.0 Å². The Morgan fingerprint density at radius 3 is 2.74 bits per heavy atom. The molecule has 0 bridgehead atoms. The fraction of sp³-hybridized carbons (Fsp3) is 0.600. The van der Waals surface area contributed by atoms with Crippen LogP contribution < -0.4 is 10.9 Å². The summed E-state index contributed by atoms with van der Waals surface area (Å²) in [4.78, 5) is 26.8. The highest BCUT2D eigenvalue weighted by Crippen LogP contribution is 2.27. The van der Waals surface area contributed by atoms with Crippen molar-refractivity contribution in [2.45, 2.75) is 46.0 Å². The fourth-order valence-electron chi connectivity index (χ4n) is 2.24. The van der Waals surface area contributed by atoms with E-state index in [1.165, 1.54) is 12.8 Å². The van der Waals surface area contributed by atoms with Gasteiger partial charge in [0.05, 0.1) is 0 Å². The van der Waals surface area contributed by atoms with Gasteiger partial charge in [0.1, 0.15) is 5.56 Å². The Kier molecular flexibility index (Phi) is 4.40. The number of aromatic nitrogens is 1. The van der Waals surface area contributed by atoms with Crippen molar-refractivity contribution >= 4 is 5.91 Å². The quantitative estimate of drug-likeness (QED) is 0.824. The maximum absolute atomic E-state index is 12.0. The minimum Gasteiger partial charge on any atom is -0.352 e. The molecule has 0 unspecified atom stereocenters. The first-order chi connectivity index (χ1) is 9.15. The molecule has 19 heavy (non-hydrogen) atoms. The zero-order chi connectivity index (χ0) is 13.8. The second kappa shape index (κ2) is 6.04. The summed E-state index contributed by atoms with van der Waals surface area (Å²) in [6, 6.07) is 1.77. The molecule has 1 fully saturated rings. The minimum atomic E-state index is -0.273. The van der Waals surface area contributed by atoms with Crippen molar-refractivity contribution in [3.8, 4) is 0 Å². The number of rotatable bonds is 6. The summed E-state index contributed by atoms with van der Waals surface area (Å²) in [7, 11) is 0. The summed E-state index contributed by atoms with van der Waals surface area (Å²) in [5.74, 6) is 0.376. The molecule has 0 radical (unpaired) electrons. The van der Waals surface area contributed by atoms with Crippen molar-refractivity contribution < 1.29 is 4.79 Å². The van der Waals surface area contributed by atoms with Crippen molar-refractivity contribution in [2.75, 3.05) is 6.54 Å². The van der Waals surface area contributed by atoms with E-state index in [-0.39, 0.29) is 17.0 Å². The van der Waals surface area contributed by atoms with Crippen LogP contribution in [-0.2, 0) is 12.8 Å². The first-order valence-electron chi connectivity index (χ1n) is 7.19. The Morgan fingerprint density at radius 1 is 1.42 bits per heavy atom. The van der Waals surface area contributed by atoms with E-state index < -0.39 is 0 Å². The highest BCUT2D eigenvalue weighted by atomic mass is 16.2. The van der Waals surface area contributed by atoms with E-state index in [0.717, 1.165) is 30.5 Å². The van der Waals surface area contributed by atoms with Crippen LogP contribution in [-0.4, -0.2) is 17.4 Å². The molecule has 1 aliphatic carbocycles. The number of hydrogen-bond acceptors (Lipinski definition) is 2. The maximum atomic E-state index is 12.0. The van der Waals surface area contributed by atoms with Crippen molar-refractivity contribution in [1.82, 2.24) is 10.3 Å². The Hall–Kier alpha value is -1.58. The van der Waals surface area contributed by atoms with Crippen molar-refractivity contribution in [2.24, 2.45) is 5.92 Å². The van der Waals surface area contributed by atoms with Crippen LogP contribution in [0.3, 0.4) is 0 Å². The Labute approximate surface area is 113 Å². The van der Waals surface area contributed by atoms with E-state index >= 15 is 0 Å². The van der Waals surface area contributed by atoms with Gasteiger partial charge in [0.15, 0.2) is 0 Å². The predicted molar refractivity (Wildman–Crippen MR) is 75.5 cm³/mol. The molecule has 1 aromatic rings. The predicted octanol–water partition coefficient (Wildman–Crippen LogP) is 2.03. The van der Waals surface area contributed by atoms with Crippen LogP contribution in [0.1, 0.15) is 54.7 Å². The lowest BCUT2D eigenvalue weighted by atomic mass is 10.0. The van der Waals surface area contributed by atoms with Crippen molar-refractivity contribution in [3.63, 3.8) is 0 Å². The third-order valence-corrected chi connectivity index (χ3v) is 3.58. The monoisotopic (exact) mass is 262 g/mol. The molecule has 1 heterocycles. The van der Waals surface area contributed by atoms with Gasteiger partial charge in [-0.15, -0.1) is 0 Å². The van der Waals surface area contributed by atoms with E-state index in [4.69, 9.17) is 0 Å². The normalized spacial score (nSPS) is 14.4. The van der Waals surface area contributed by atoms with Gasteiger partial charge in [0.25, 0.3) is 11.5 Å². The van der Waals surface area contributed by atoms with Gasteiger partial charge in [0.2, 0.25) is 0 Å². The molecule has 1 saturated carbocycles. The highest BCUT2D eigenvalue weighted by Gasteiger charge is 2.22. The second-order valence-corrected chi connectivity index (χ2v) is 5.27. The zero-order valence-electron chi connectivity index (χ0n) is 11.7. The van der Waals surface area contributed by atoms with E-state index in [2.05, 4.69) is 17.2 Å². The Balaban J connectivity index is 2.20.